The lowest BCUT2D eigenvalue weighted by atomic mass is 10.3. The fourth-order valence-electron chi connectivity index (χ4n) is 0.982. The van der Waals surface area contributed by atoms with E-state index in [4.69, 9.17) is 15.6 Å². The number of hydrogen-bond donors (Lipinski definition) is 2. The maximum Gasteiger partial charge on any atom is 0.256 e. The van der Waals surface area contributed by atoms with Crippen molar-refractivity contribution >= 4 is 17.6 Å². The molecular weight excluding hydrogens is 198 g/mol. The highest BCUT2D eigenvalue weighted by Crippen LogP contribution is 2.26. The van der Waals surface area contributed by atoms with Crippen molar-refractivity contribution in [1.82, 2.24) is 4.98 Å². The Labute approximate surface area is 87.8 Å². The van der Waals surface area contributed by atoms with Crippen molar-refractivity contribution in [2.24, 2.45) is 5.73 Å². The molecule has 0 aliphatic rings. The lowest BCUT2D eigenvalue weighted by Gasteiger charge is -2.08. The van der Waals surface area contributed by atoms with Crippen molar-refractivity contribution in [2.45, 2.75) is 37.7 Å². The van der Waals surface area contributed by atoms with Crippen LogP contribution in [0.5, 0.6) is 0 Å². The Morgan fingerprint density at radius 3 is 2.64 bits per heavy atom. The molecule has 0 aromatic carbocycles. The number of rotatable bonds is 4. The molecule has 1 atom stereocenters. The first-order chi connectivity index (χ1) is 6.54. The van der Waals surface area contributed by atoms with Gasteiger partial charge in [0.2, 0.25) is 0 Å². The minimum atomic E-state index is -0.0348. The summed E-state index contributed by atoms with van der Waals surface area (Å²) < 4.78 is 5.40. The van der Waals surface area contributed by atoms with E-state index >= 15 is 0 Å². The number of thioether (sulfide) groups is 1. The molecule has 1 heterocycles. The van der Waals surface area contributed by atoms with Crippen LogP contribution in [0.1, 0.15) is 24.8 Å². The second-order valence-corrected chi connectivity index (χ2v) is 4.25. The number of oxazole rings is 1. The topological polar surface area (TPSA) is 75.9 Å². The quantitative estimate of drug-likeness (QED) is 0.456. The van der Waals surface area contributed by atoms with Crippen LogP contribution < -0.4 is 5.73 Å². The van der Waals surface area contributed by atoms with E-state index in [1.54, 1.807) is 0 Å². The molecule has 1 rings (SSSR count). The van der Waals surface area contributed by atoms with E-state index in [-0.39, 0.29) is 11.1 Å². The largest absolute Gasteiger partial charge is 0.437 e. The van der Waals surface area contributed by atoms with Crippen molar-refractivity contribution in [1.29, 1.82) is 5.41 Å². The minimum Gasteiger partial charge on any atom is -0.437 e. The normalized spacial score (nSPS) is 12.8. The summed E-state index contributed by atoms with van der Waals surface area (Å²) in [7, 11) is 0. The number of aromatic nitrogens is 1. The fourth-order valence-corrected chi connectivity index (χ4v) is 1.88. The van der Waals surface area contributed by atoms with Gasteiger partial charge in [-0.2, -0.15) is 0 Å². The molecular formula is C9H15N3OS. The van der Waals surface area contributed by atoms with Crippen molar-refractivity contribution in [3.05, 3.63) is 11.5 Å². The third kappa shape index (κ3) is 2.51. The molecule has 3 N–H and O–H groups in total. The molecule has 1 aromatic heterocycles. The number of nitrogens with two attached hydrogens (primary N) is 1. The zero-order chi connectivity index (χ0) is 10.7. The van der Waals surface area contributed by atoms with Gasteiger partial charge in [-0.15, -0.1) is 0 Å². The SMILES string of the molecule is CCC(Sc1nc(C)c(C)o1)C(=N)N. The van der Waals surface area contributed by atoms with Gasteiger partial charge in [-0.05, 0) is 20.3 Å². The van der Waals surface area contributed by atoms with Crippen LogP contribution in [0.3, 0.4) is 0 Å². The van der Waals surface area contributed by atoms with E-state index in [0.717, 1.165) is 17.9 Å². The van der Waals surface area contributed by atoms with Gasteiger partial charge in [0.25, 0.3) is 5.22 Å². The predicted molar refractivity (Wildman–Crippen MR) is 57.8 cm³/mol. The second kappa shape index (κ2) is 4.50. The molecule has 0 amide bonds. The van der Waals surface area contributed by atoms with E-state index in [1.807, 2.05) is 20.8 Å². The molecule has 0 saturated carbocycles. The standard InChI is InChI=1S/C9H15N3OS/c1-4-7(8(10)11)14-9-12-5(2)6(3)13-9/h7H,4H2,1-3H3,(H3,10,11). The van der Waals surface area contributed by atoms with Crippen LogP contribution in [0.15, 0.2) is 9.64 Å². The minimum absolute atomic E-state index is 0.0348. The Kier molecular flexibility index (Phi) is 3.57. The van der Waals surface area contributed by atoms with Crippen LogP contribution in [-0.4, -0.2) is 16.1 Å². The molecule has 0 fully saturated rings. The van der Waals surface area contributed by atoms with Gasteiger partial charge in [-0.25, -0.2) is 4.98 Å². The molecule has 0 saturated heterocycles. The zero-order valence-electron chi connectivity index (χ0n) is 8.63. The van der Waals surface area contributed by atoms with E-state index in [9.17, 15) is 0 Å². The molecule has 0 aliphatic carbocycles. The summed E-state index contributed by atoms with van der Waals surface area (Å²) in [6, 6.07) is 0. The summed E-state index contributed by atoms with van der Waals surface area (Å²) in [6.07, 6.45) is 0.806. The molecule has 0 bridgehead atoms. The first kappa shape index (κ1) is 11.1. The van der Waals surface area contributed by atoms with Crippen LogP contribution in [0, 0.1) is 19.3 Å². The molecule has 1 aromatic rings. The van der Waals surface area contributed by atoms with Gasteiger partial charge in [0, 0.05) is 0 Å². The average Bonchev–Trinajstić information content (AvgIpc) is 2.41. The second-order valence-electron chi connectivity index (χ2n) is 3.09. The molecule has 14 heavy (non-hydrogen) atoms. The monoisotopic (exact) mass is 213 g/mol. The van der Waals surface area contributed by atoms with Crippen LogP contribution in [0.4, 0.5) is 0 Å². The summed E-state index contributed by atoms with van der Waals surface area (Å²) in [5, 5.41) is 7.91. The van der Waals surface area contributed by atoms with Gasteiger partial charge in [-0.3, -0.25) is 5.41 Å². The third-order valence-corrected chi connectivity index (χ3v) is 3.22. The van der Waals surface area contributed by atoms with Gasteiger partial charge in [0.1, 0.15) is 11.6 Å². The van der Waals surface area contributed by atoms with Crippen molar-refractivity contribution in [3.8, 4) is 0 Å². The Balaban J connectivity index is 2.72. The maximum absolute atomic E-state index is 7.35. The first-order valence-electron chi connectivity index (χ1n) is 4.49. The summed E-state index contributed by atoms with van der Waals surface area (Å²) in [5.41, 5.74) is 6.33. The molecule has 0 spiro atoms. The van der Waals surface area contributed by atoms with E-state index in [0.29, 0.717) is 5.22 Å². The smallest absolute Gasteiger partial charge is 0.256 e. The van der Waals surface area contributed by atoms with Crippen LogP contribution in [-0.2, 0) is 0 Å². The van der Waals surface area contributed by atoms with Crippen LogP contribution in [0.25, 0.3) is 0 Å². The number of amidine groups is 1. The van der Waals surface area contributed by atoms with Gasteiger partial charge in [-0.1, -0.05) is 18.7 Å². The molecule has 4 nitrogen and oxygen atoms in total. The summed E-state index contributed by atoms with van der Waals surface area (Å²) in [5.74, 6) is 0.997. The van der Waals surface area contributed by atoms with E-state index in [1.165, 1.54) is 11.8 Å². The highest BCUT2D eigenvalue weighted by atomic mass is 32.2. The van der Waals surface area contributed by atoms with Crippen LogP contribution in [0.2, 0.25) is 0 Å². The first-order valence-corrected chi connectivity index (χ1v) is 5.37. The maximum atomic E-state index is 7.35. The highest BCUT2D eigenvalue weighted by Gasteiger charge is 2.15. The van der Waals surface area contributed by atoms with Gasteiger partial charge in [0.05, 0.1) is 10.9 Å². The van der Waals surface area contributed by atoms with E-state index < -0.39 is 0 Å². The Morgan fingerprint density at radius 1 is 1.64 bits per heavy atom. The molecule has 78 valence electrons. The average molecular weight is 213 g/mol. The molecule has 0 aliphatic heterocycles. The number of aryl methyl sites for hydroxylation is 2. The van der Waals surface area contributed by atoms with Crippen molar-refractivity contribution < 1.29 is 4.42 Å². The van der Waals surface area contributed by atoms with Crippen molar-refractivity contribution in [3.63, 3.8) is 0 Å². The summed E-state index contributed by atoms with van der Waals surface area (Å²) in [6.45, 7) is 5.76. The Hall–Kier alpha value is -0.970. The van der Waals surface area contributed by atoms with Gasteiger partial charge >= 0.3 is 0 Å². The van der Waals surface area contributed by atoms with E-state index in [2.05, 4.69) is 4.98 Å². The molecule has 1 unspecified atom stereocenters. The molecule has 0 radical (unpaired) electrons. The number of hydrogen-bond acceptors (Lipinski definition) is 4. The number of nitrogens with zero attached hydrogens (tertiary/aromatic N) is 1. The zero-order valence-corrected chi connectivity index (χ0v) is 9.44. The summed E-state index contributed by atoms with van der Waals surface area (Å²) >= 11 is 1.40. The van der Waals surface area contributed by atoms with Crippen LogP contribution >= 0.6 is 11.8 Å². The third-order valence-electron chi connectivity index (χ3n) is 1.97. The summed E-state index contributed by atoms with van der Waals surface area (Å²) in [4.78, 5) is 4.22. The molecule has 5 heteroatoms. The van der Waals surface area contributed by atoms with Crippen molar-refractivity contribution in [2.75, 3.05) is 0 Å². The highest BCUT2D eigenvalue weighted by molar-refractivity contribution is 8.00. The number of nitrogens with one attached hydrogen (secondary N) is 1. The van der Waals surface area contributed by atoms with Gasteiger partial charge in [0.15, 0.2) is 0 Å². The predicted octanol–water partition coefficient (Wildman–Crippen LogP) is 2.10. The lowest BCUT2D eigenvalue weighted by Crippen LogP contribution is -2.24. The fraction of sp³-hybridized carbons (Fsp3) is 0.556. The van der Waals surface area contributed by atoms with Gasteiger partial charge < -0.3 is 10.2 Å². The lowest BCUT2D eigenvalue weighted by molar-refractivity contribution is 0.430. The Morgan fingerprint density at radius 2 is 2.29 bits per heavy atom. The Bertz CT molecular complexity index is 315.